The lowest BCUT2D eigenvalue weighted by Gasteiger charge is -2.16. The van der Waals surface area contributed by atoms with E-state index >= 15 is 0 Å². The number of para-hydroxylation sites is 2. The molecule has 1 aromatic heterocycles. The summed E-state index contributed by atoms with van der Waals surface area (Å²) in [4.78, 5) is 29.3. The monoisotopic (exact) mass is 427 g/mol. The van der Waals surface area contributed by atoms with Crippen LogP contribution in [0.15, 0.2) is 78.9 Å². The van der Waals surface area contributed by atoms with Crippen LogP contribution in [0.2, 0.25) is 0 Å². The second kappa shape index (κ2) is 9.47. The lowest BCUT2D eigenvalue weighted by Crippen LogP contribution is -2.30. The Labute approximate surface area is 186 Å². The zero-order valence-corrected chi connectivity index (χ0v) is 18.1. The normalized spacial score (nSPS) is 11.8. The van der Waals surface area contributed by atoms with Crippen LogP contribution < -0.4 is 5.32 Å². The van der Waals surface area contributed by atoms with Crippen LogP contribution in [-0.4, -0.2) is 28.5 Å². The molecule has 6 nitrogen and oxygen atoms in total. The van der Waals surface area contributed by atoms with Gasteiger partial charge in [-0.15, -0.1) is 0 Å². The molecule has 32 heavy (non-hydrogen) atoms. The van der Waals surface area contributed by atoms with Gasteiger partial charge in [-0.2, -0.15) is 0 Å². The van der Waals surface area contributed by atoms with E-state index in [-0.39, 0.29) is 30.9 Å². The molecule has 0 spiro atoms. The maximum Gasteiger partial charge on any atom is 0.325 e. The van der Waals surface area contributed by atoms with Crippen LogP contribution in [0.25, 0.3) is 22.2 Å². The van der Waals surface area contributed by atoms with E-state index < -0.39 is 0 Å². The van der Waals surface area contributed by atoms with Gasteiger partial charge in [0.25, 0.3) is 0 Å². The van der Waals surface area contributed by atoms with Gasteiger partial charge in [-0.3, -0.25) is 9.59 Å². The first kappa shape index (κ1) is 21.3. The Hall–Kier alpha value is -3.93. The molecule has 1 atom stereocenters. The first-order valence-electron chi connectivity index (χ1n) is 10.5. The van der Waals surface area contributed by atoms with Crippen LogP contribution in [0, 0.1) is 0 Å². The summed E-state index contributed by atoms with van der Waals surface area (Å²) >= 11 is 0. The van der Waals surface area contributed by atoms with Gasteiger partial charge in [0.1, 0.15) is 12.4 Å². The Balaban J connectivity index is 1.47. The molecule has 162 valence electrons. The topological polar surface area (TPSA) is 73.2 Å². The minimum atomic E-state index is -0.372. The summed E-state index contributed by atoms with van der Waals surface area (Å²) in [6, 6.07) is 25.3. The van der Waals surface area contributed by atoms with Gasteiger partial charge >= 0.3 is 5.97 Å². The second-order valence-corrected chi connectivity index (χ2v) is 7.65. The van der Waals surface area contributed by atoms with Crippen molar-refractivity contribution < 1.29 is 14.3 Å². The van der Waals surface area contributed by atoms with Gasteiger partial charge in [0, 0.05) is 0 Å². The van der Waals surface area contributed by atoms with E-state index in [0.717, 1.165) is 27.7 Å². The van der Waals surface area contributed by atoms with Gasteiger partial charge in [-0.05, 0) is 35.7 Å². The predicted octanol–water partition coefficient (Wildman–Crippen LogP) is 4.30. The Bertz CT molecular complexity index is 1230. The van der Waals surface area contributed by atoms with E-state index in [1.807, 2.05) is 73.7 Å². The largest absolute Gasteiger partial charge is 0.468 e. The quantitative estimate of drug-likeness (QED) is 0.447. The number of hydrogen-bond acceptors (Lipinski definition) is 4. The molecule has 1 amide bonds. The summed E-state index contributed by atoms with van der Waals surface area (Å²) in [5.74, 6) is 0.137. The lowest BCUT2D eigenvalue weighted by atomic mass is 10.0. The Morgan fingerprint density at radius 2 is 1.59 bits per heavy atom. The van der Waals surface area contributed by atoms with Gasteiger partial charge in [-0.1, -0.05) is 66.7 Å². The van der Waals surface area contributed by atoms with Crippen molar-refractivity contribution in [3.63, 3.8) is 0 Å². The van der Waals surface area contributed by atoms with Crippen LogP contribution in [0.5, 0.6) is 0 Å². The van der Waals surface area contributed by atoms with Crippen molar-refractivity contribution in [1.82, 2.24) is 14.9 Å². The molecule has 6 heteroatoms. The van der Waals surface area contributed by atoms with E-state index in [9.17, 15) is 9.59 Å². The lowest BCUT2D eigenvalue weighted by molar-refractivity contribution is -0.141. The zero-order chi connectivity index (χ0) is 22.5. The second-order valence-electron chi connectivity index (χ2n) is 7.65. The smallest absolute Gasteiger partial charge is 0.325 e. The van der Waals surface area contributed by atoms with Crippen molar-refractivity contribution >= 4 is 22.9 Å². The van der Waals surface area contributed by atoms with Crippen LogP contribution in [0.1, 0.15) is 24.4 Å². The maximum absolute atomic E-state index is 12.7. The number of carbonyl (C=O) groups excluding carboxylic acids is 2. The minimum absolute atomic E-state index is 0.0352. The molecule has 0 aliphatic carbocycles. The fraction of sp³-hybridized carbons (Fsp3) is 0.192. The number of hydrogen-bond donors (Lipinski definition) is 1. The molecule has 4 rings (SSSR count). The molecule has 0 radical (unpaired) electrons. The molecule has 3 aromatic carbocycles. The molecule has 0 fully saturated rings. The van der Waals surface area contributed by atoms with E-state index in [0.29, 0.717) is 5.82 Å². The first-order valence-corrected chi connectivity index (χ1v) is 10.5. The van der Waals surface area contributed by atoms with E-state index in [1.165, 1.54) is 7.11 Å². The van der Waals surface area contributed by atoms with E-state index in [1.54, 1.807) is 4.57 Å². The van der Waals surface area contributed by atoms with Crippen molar-refractivity contribution in [1.29, 1.82) is 0 Å². The number of amides is 1. The highest BCUT2D eigenvalue weighted by Gasteiger charge is 2.20. The average molecular weight is 428 g/mol. The highest BCUT2D eigenvalue weighted by molar-refractivity contribution is 5.81. The van der Waals surface area contributed by atoms with Crippen molar-refractivity contribution in [2.45, 2.75) is 25.9 Å². The number of fused-ring (bicyclic) bond motifs is 1. The highest BCUT2D eigenvalue weighted by Crippen LogP contribution is 2.22. The molecule has 1 unspecified atom stereocenters. The molecular formula is C26H25N3O3. The number of aromatic nitrogens is 2. The number of methoxy groups -OCH3 is 1. The Morgan fingerprint density at radius 1 is 0.938 bits per heavy atom. The molecular weight excluding hydrogens is 402 g/mol. The van der Waals surface area contributed by atoms with Gasteiger partial charge < -0.3 is 14.6 Å². The molecule has 0 saturated heterocycles. The number of carbonyl (C=O) groups is 2. The Morgan fingerprint density at radius 3 is 2.31 bits per heavy atom. The van der Waals surface area contributed by atoms with Crippen LogP contribution in [-0.2, 0) is 27.3 Å². The SMILES string of the molecule is COC(=O)Cn1c(C(C)NC(=O)Cc2ccc(-c3ccccc3)cc2)nc2ccccc21. The van der Waals surface area contributed by atoms with E-state index in [2.05, 4.69) is 22.4 Å². The third-order valence-corrected chi connectivity index (χ3v) is 5.39. The fourth-order valence-corrected chi connectivity index (χ4v) is 3.77. The number of nitrogens with one attached hydrogen (secondary N) is 1. The molecule has 1 heterocycles. The average Bonchev–Trinajstić information content (AvgIpc) is 3.18. The zero-order valence-electron chi connectivity index (χ0n) is 18.1. The number of benzene rings is 3. The number of imidazole rings is 1. The summed E-state index contributed by atoms with van der Waals surface area (Å²) in [5, 5.41) is 3.01. The van der Waals surface area contributed by atoms with Gasteiger partial charge in [-0.25, -0.2) is 4.98 Å². The fourth-order valence-electron chi connectivity index (χ4n) is 3.77. The van der Waals surface area contributed by atoms with Gasteiger partial charge in [0.15, 0.2) is 0 Å². The van der Waals surface area contributed by atoms with Gasteiger partial charge in [0.2, 0.25) is 5.91 Å². The summed E-state index contributed by atoms with van der Waals surface area (Å²) in [5.41, 5.74) is 4.77. The van der Waals surface area contributed by atoms with Crippen LogP contribution in [0.4, 0.5) is 0 Å². The van der Waals surface area contributed by atoms with Crippen LogP contribution >= 0.6 is 0 Å². The van der Waals surface area contributed by atoms with Crippen molar-refractivity contribution in [3.05, 3.63) is 90.3 Å². The Kier molecular flexibility index (Phi) is 6.31. The third kappa shape index (κ3) is 4.70. The van der Waals surface area contributed by atoms with Crippen LogP contribution in [0.3, 0.4) is 0 Å². The molecule has 0 aliphatic rings. The van der Waals surface area contributed by atoms with Crippen molar-refractivity contribution in [2.75, 3.05) is 7.11 Å². The summed E-state index contributed by atoms with van der Waals surface area (Å²) < 4.78 is 6.63. The highest BCUT2D eigenvalue weighted by atomic mass is 16.5. The molecule has 0 bridgehead atoms. The van der Waals surface area contributed by atoms with E-state index in [4.69, 9.17) is 4.74 Å². The summed E-state index contributed by atoms with van der Waals surface area (Å²) in [6.07, 6.45) is 0.261. The summed E-state index contributed by atoms with van der Waals surface area (Å²) in [7, 11) is 1.36. The van der Waals surface area contributed by atoms with Crippen molar-refractivity contribution in [2.24, 2.45) is 0 Å². The number of esters is 1. The van der Waals surface area contributed by atoms with Crippen molar-refractivity contribution in [3.8, 4) is 11.1 Å². The number of rotatable bonds is 7. The number of ether oxygens (including phenoxy) is 1. The first-order chi connectivity index (χ1) is 15.5. The minimum Gasteiger partial charge on any atom is -0.468 e. The molecule has 4 aromatic rings. The maximum atomic E-state index is 12.7. The standard InChI is InChI=1S/C26H25N3O3/c1-18(26-28-22-10-6-7-11-23(22)29(26)17-25(31)32-2)27-24(30)16-19-12-14-21(15-13-19)20-8-4-3-5-9-20/h3-15,18H,16-17H2,1-2H3,(H,27,30). The third-order valence-electron chi connectivity index (χ3n) is 5.39. The number of nitrogens with zero attached hydrogens (tertiary/aromatic N) is 2. The molecule has 1 N–H and O–H groups in total. The summed E-state index contributed by atoms with van der Waals surface area (Å²) in [6.45, 7) is 1.90. The molecule has 0 aliphatic heterocycles. The predicted molar refractivity (Wildman–Crippen MR) is 124 cm³/mol. The van der Waals surface area contributed by atoms with Gasteiger partial charge in [0.05, 0.1) is 30.6 Å². The molecule has 0 saturated carbocycles.